The Hall–Kier alpha value is -2.56. The lowest BCUT2D eigenvalue weighted by Crippen LogP contribution is -2.52. The largest absolute Gasteiger partial charge is 0.368 e. The molecule has 0 atom stereocenters. The van der Waals surface area contributed by atoms with E-state index in [2.05, 4.69) is 42.3 Å². The van der Waals surface area contributed by atoms with Gasteiger partial charge in [0.2, 0.25) is 0 Å². The third kappa shape index (κ3) is 4.15. The van der Waals surface area contributed by atoms with Crippen molar-refractivity contribution in [3.8, 4) is 0 Å². The summed E-state index contributed by atoms with van der Waals surface area (Å²) >= 11 is 0. The van der Waals surface area contributed by atoms with Crippen LogP contribution in [0.2, 0.25) is 0 Å². The number of urea groups is 1. The number of amides is 2. The third-order valence-electron chi connectivity index (χ3n) is 5.11. The van der Waals surface area contributed by atoms with Gasteiger partial charge in [0.1, 0.15) is 5.82 Å². The zero-order valence-electron chi connectivity index (χ0n) is 15.5. The Kier molecular flexibility index (Phi) is 5.76. The summed E-state index contributed by atoms with van der Waals surface area (Å²) < 4.78 is 13.6. The summed E-state index contributed by atoms with van der Waals surface area (Å²) in [7, 11) is 0. The highest BCUT2D eigenvalue weighted by molar-refractivity contribution is 5.74. The summed E-state index contributed by atoms with van der Waals surface area (Å²) in [5.74, 6) is -0.219. The first-order valence-electron chi connectivity index (χ1n) is 9.13. The molecule has 0 saturated carbocycles. The van der Waals surface area contributed by atoms with Crippen LogP contribution in [0.25, 0.3) is 0 Å². The highest BCUT2D eigenvalue weighted by atomic mass is 19.1. The Morgan fingerprint density at radius 2 is 1.77 bits per heavy atom. The second-order valence-corrected chi connectivity index (χ2v) is 6.77. The number of aryl methyl sites for hydroxylation is 1. The van der Waals surface area contributed by atoms with Gasteiger partial charge in [-0.15, -0.1) is 0 Å². The highest BCUT2D eigenvalue weighted by Gasteiger charge is 2.22. The van der Waals surface area contributed by atoms with Gasteiger partial charge in [0.05, 0.1) is 0 Å². The van der Waals surface area contributed by atoms with Gasteiger partial charge in [-0.05, 0) is 49.1 Å². The smallest absolute Gasteiger partial charge is 0.317 e. The molecule has 0 aromatic heterocycles. The van der Waals surface area contributed by atoms with Gasteiger partial charge in [-0.1, -0.05) is 30.3 Å². The predicted octanol–water partition coefficient (Wildman–Crippen LogP) is 3.52. The van der Waals surface area contributed by atoms with Gasteiger partial charge in [-0.25, -0.2) is 9.18 Å². The predicted molar refractivity (Wildman–Crippen MR) is 103 cm³/mol. The first-order valence-corrected chi connectivity index (χ1v) is 9.13. The van der Waals surface area contributed by atoms with Crippen molar-refractivity contribution in [1.29, 1.82) is 0 Å². The van der Waals surface area contributed by atoms with Crippen LogP contribution in [0.15, 0.2) is 42.5 Å². The molecule has 0 spiro atoms. The van der Waals surface area contributed by atoms with Gasteiger partial charge in [0, 0.05) is 38.4 Å². The number of halogens is 1. The average molecular weight is 355 g/mol. The van der Waals surface area contributed by atoms with E-state index in [4.69, 9.17) is 0 Å². The minimum Gasteiger partial charge on any atom is -0.368 e. The van der Waals surface area contributed by atoms with Crippen molar-refractivity contribution in [2.75, 3.05) is 37.6 Å². The molecular weight excluding hydrogens is 329 g/mol. The molecule has 3 rings (SSSR count). The molecule has 138 valence electrons. The quantitative estimate of drug-likeness (QED) is 0.911. The maximum atomic E-state index is 13.6. The van der Waals surface area contributed by atoms with Gasteiger partial charge in [-0.2, -0.15) is 0 Å². The molecule has 1 saturated heterocycles. The first kappa shape index (κ1) is 18.2. The van der Waals surface area contributed by atoms with E-state index in [9.17, 15) is 9.18 Å². The molecule has 0 unspecified atom stereocenters. The zero-order valence-corrected chi connectivity index (χ0v) is 15.5. The van der Waals surface area contributed by atoms with Crippen LogP contribution < -0.4 is 10.2 Å². The molecule has 1 aliphatic rings. The fourth-order valence-electron chi connectivity index (χ4n) is 3.35. The van der Waals surface area contributed by atoms with E-state index in [1.54, 1.807) is 12.1 Å². The van der Waals surface area contributed by atoms with Crippen molar-refractivity contribution in [2.24, 2.45) is 0 Å². The summed E-state index contributed by atoms with van der Waals surface area (Å²) in [5.41, 5.74) is 4.48. The Bertz CT molecular complexity index is 770. The third-order valence-corrected chi connectivity index (χ3v) is 5.11. The first-order chi connectivity index (χ1) is 12.6. The van der Waals surface area contributed by atoms with Crippen molar-refractivity contribution in [3.05, 3.63) is 65.0 Å². The number of carbonyl (C=O) groups excluding carboxylic acids is 1. The van der Waals surface area contributed by atoms with Gasteiger partial charge in [0.15, 0.2) is 0 Å². The van der Waals surface area contributed by atoms with Crippen LogP contribution in [-0.2, 0) is 6.42 Å². The summed E-state index contributed by atoms with van der Waals surface area (Å²) in [6.45, 7) is 7.75. The number of anilines is 1. The number of rotatable bonds is 4. The van der Waals surface area contributed by atoms with E-state index >= 15 is 0 Å². The Morgan fingerprint density at radius 1 is 1.04 bits per heavy atom. The summed E-state index contributed by atoms with van der Waals surface area (Å²) in [5, 5.41) is 2.90. The van der Waals surface area contributed by atoms with Crippen LogP contribution in [0.4, 0.5) is 14.9 Å². The monoisotopic (exact) mass is 355 g/mol. The molecule has 0 bridgehead atoms. The molecule has 4 nitrogen and oxygen atoms in total. The number of piperazine rings is 1. The second-order valence-electron chi connectivity index (χ2n) is 6.77. The molecule has 0 radical (unpaired) electrons. The van der Waals surface area contributed by atoms with Crippen LogP contribution in [0, 0.1) is 19.7 Å². The van der Waals surface area contributed by atoms with Crippen molar-refractivity contribution < 1.29 is 9.18 Å². The molecule has 5 heteroatoms. The van der Waals surface area contributed by atoms with Crippen LogP contribution in [0.5, 0.6) is 0 Å². The number of carbonyl (C=O) groups is 1. The van der Waals surface area contributed by atoms with Crippen LogP contribution in [0.3, 0.4) is 0 Å². The summed E-state index contributed by atoms with van der Waals surface area (Å²) in [6.07, 6.45) is 0.501. The number of nitrogens with zero attached hydrogens (tertiary/aromatic N) is 2. The van der Waals surface area contributed by atoms with Gasteiger partial charge in [-0.3, -0.25) is 0 Å². The number of nitrogens with one attached hydrogen (secondary N) is 1. The molecule has 2 aromatic carbocycles. The lowest BCUT2D eigenvalue weighted by atomic mass is 10.1. The molecule has 0 aliphatic carbocycles. The van der Waals surface area contributed by atoms with E-state index in [-0.39, 0.29) is 11.8 Å². The second kappa shape index (κ2) is 8.21. The molecule has 2 aromatic rings. The van der Waals surface area contributed by atoms with E-state index in [1.165, 1.54) is 22.9 Å². The fourth-order valence-corrected chi connectivity index (χ4v) is 3.35. The van der Waals surface area contributed by atoms with E-state index in [0.717, 1.165) is 13.1 Å². The lowest BCUT2D eigenvalue weighted by Gasteiger charge is -2.37. The lowest BCUT2D eigenvalue weighted by molar-refractivity contribution is 0.194. The average Bonchev–Trinajstić information content (AvgIpc) is 2.65. The normalized spacial score (nSPS) is 14.4. The minimum atomic E-state index is -0.219. The maximum absolute atomic E-state index is 13.6. The highest BCUT2D eigenvalue weighted by Crippen LogP contribution is 2.23. The molecule has 1 fully saturated rings. The zero-order chi connectivity index (χ0) is 18.5. The SMILES string of the molecule is Cc1cccc(N2CCN(C(=O)NCCc3ccccc3F)CC2)c1C. The maximum Gasteiger partial charge on any atom is 0.317 e. The summed E-state index contributed by atoms with van der Waals surface area (Å²) in [6, 6.07) is 13.0. The Morgan fingerprint density at radius 3 is 2.50 bits per heavy atom. The van der Waals surface area contributed by atoms with Crippen molar-refractivity contribution in [3.63, 3.8) is 0 Å². The molecule has 2 amide bonds. The van der Waals surface area contributed by atoms with Crippen LogP contribution in [0.1, 0.15) is 16.7 Å². The molecule has 1 N–H and O–H groups in total. The van der Waals surface area contributed by atoms with Crippen molar-refractivity contribution in [1.82, 2.24) is 10.2 Å². The molecular formula is C21H26FN3O. The van der Waals surface area contributed by atoms with E-state index in [1.807, 2.05) is 11.0 Å². The molecule has 1 aliphatic heterocycles. The van der Waals surface area contributed by atoms with Gasteiger partial charge < -0.3 is 15.1 Å². The topological polar surface area (TPSA) is 35.6 Å². The number of hydrogen-bond donors (Lipinski definition) is 1. The Balaban J connectivity index is 1.48. The number of hydrogen-bond acceptors (Lipinski definition) is 2. The fraction of sp³-hybridized carbons (Fsp3) is 0.381. The van der Waals surface area contributed by atoms with Gasteiger partial charge >= 0.3 is 6.03 Å². The van der Waals surface area contributed by atoms with Crippen LogP contribution >= 0.6 is 0 Å². The molecule has 26 heavy (non-hydrogen) atoms. The van der Waals surface area contributed by atoms with Crippen LogP contribution in [-0.4, -0.2) is 43.7 Å². The van der Waals surface area contributed by atoms with Crippen molar-refractivity contribution in [2.45, 2.75) is 20.3 Å². The molecule has 1 heterocycles. The summed E-state index contributed by atoms with van der Waals surface area (Å²) in [4.78, 5) is 16.5. The number of benzene rings is 2. The minimum absolute atomic E-state index is 0.0676. The van der Waals surface area contributed by atoms with E-state index < -0.39 is 0 Å². The van der Waals surface area contributed by atoms with Crippen molar-refractivity contribution >= 4 is 11.7 Å². The standard InChI is InChI=1S/C21H26FN3O/c1-16-6-5-9-20(17(16)2)24-12-14-25(15-13-24)21(26)23-11-10-18-7-3-4-8-19(18)22/h3-9H,10-15H2,1-2H3,(H,23,26). The Labute approximate surface area is 154 Å². The van der Waals surface area contributed by atoms with Gasteiger partial charge in [0.25, 0.3) is 0 Å². The van der Waals surface area contributed by atoms with E-state index in [0.29, 0.717) is 31.6 Å².